The number of halogens is 1. The van der Waals surface area contributed by atoms with Gasteiger partial charge in [0.05, 0.1) is 0 Å². The Hall–Kier alpha value is -0.730. The third-order valence-corrected chi connectivity index (χ3v) is 4.22. The van der Waals surface area contributed by atoms with Gasteiger partial charge in [-0.3, -0.25) is 0 Å². The van der Waals surface area contributed by atoms with E-state index in [-0.39, 0.29) is 6.04 Å². The smallest absolute Gasteiger partial charge is 0.0426 e. The van der Waals surface area contributed by atoms with Crippen LogP contribution >= 0.6 is 11.6 Å². The van der Waals surface area contributed by atoms with Crippen molar-refractivity contribution in [2.24, 2.45) is 5.73 Å². The third-order valence-electron chi connectivity index (χ3n) is 3.99. The maximum absolute atomic E-state index is 6.24. The summed E-state index contributed by atoms with van der Waals surface area (Å²) >= 11 is 6.24. The Morgan fingerprint density at radius 1 is 1.19 bits per heavy atom. The first-order valence-corrected chi connectivity index (χ1v) is 8.68. The zero-order valence-electron chi connectivity index (χ0n) is 14.0. The number of hydrogen-bond acceptors (Lipinski definition) is 2. The summed E-state index contributed by atoms with van der Waals surface area (Å²) in [4.78, 5) is 2.47. The molecule has 0 saturated heterocycles. The number of nitrogens with zero attached hydrogens (tertiary/aromatic N) is 1. The van der Waals surface area contributed by atoms with Gasteiger partial charge < -0.3 is 10.6 Å². The van der Waals surface area contributed by atoms with E-state index in [1.165, 1.54) is 30.5 Å². The first-order valence-electron chi connectivity index (χ1n) is 8.30. The number of rotatable bonds is 9. The molecule has 1 aromatic rings. The van der Waals surface area contributed by atoms with E-state index in [0.29, 0.717) is 6.04 Å². The molecule has 2 nitrogen and oxygen atoms in total. The second-order valence-corrected chi connectivity index (χ2v) is 6.58. The van der Waals surface area contributed by atoms with Crippen molar-refractivity contribution in [2.75, 3.05) is 11.4 Å². The number of anilines is 1. The zero-order valence-corrected chi connectivity index (χ0v) is 14.8. The van der Waals surface area contributed by atoms with Crippen molar-refractivity contribution >= 4 is 17.3 Å². The predicted molar refractivity (Wildman–Crippen MR) is 95.4 cm³/mol. The Labute approximate surface area is 135 Å². The molecule has 120 valence electrons. The summed E-state index contributed by atoms with van der Waals surface area (Å²) in [5.74, 6) is 0. The second kappa shape index (κ2) is 9.32. The van der Waals surface area contributed by atoms with E-state index in [1.807, 2.05) is 6.07 Å². The average molecular weight is 311 g/mol. The van der Waals surface area contributed by atoms with Gasteiger partial charge in [-0.15, -0.1) is 0 Å². The molecule has 1 atom stereocenters. The molecule has 3 heteroatoms. The van der Waals surface area contributed by atoms with Crippen molar-refractivity contribution < 1.29 is 0 Å². The highest BCUT2D eigenvalue weighted by molar-refractivity contribution is 6.30. The molecule has 1 unspecified atom stereocenters. The summed E-state index contributed by atoms with van der Waals surface area (Å²) < 4.78 is 0. The average Bonchev–Trinajstić information content (AvgIpc) is 2.45. The minimum atomic E-state index is 0.217. The van der Waals surface area contributed by atoms with Gasteiger partial charge >= 0.3 is 0 Å². The van der Waals surface area contributed by atoms with Crippen LogP contribution in [0.4, 0.5) is 5.69 Å². The zero-order chi connectivity index (χ0) is 15.8. The van der Waals surface area contributed by atoms with Gasteiger partial charge in [0.25, 0.3) is 0 Å². The standard InChI is InChI=1S/C18H31ClN2/c1-5-7-8-11-21(14(3)4)18-13-16(19)10-9-15(18)12-17(20)6-2/h9-10,13-14,17H,5-8,11-12,20H2,1-4H3. The molecule has 0 aliphatic rings. The number of hydrogen-bond donors (Lipinski definition) is 1. The minimum absolute atomic E-state index is 0.217. The molecule has 0 amide bonds. The van der Waals surface area contributed by atoms with Gasteiger partial charge in [0, 0.05) is 29.3 Å². The van der Waals surface area contributed by atoms with E-state index in [4.69, 9.17) is 17.3 Å². The van der Waals surface area contributed by atoms with Crippen LogP contribution in [0.5, 0.6) is 0 Å². The molecule has 1 rings (SSSR count). The van der Waals surface area contributed by atoms with E-state index in [0.717, 1.165) is 24.4 Å². The van der Waals surface area contributed by atoms with Crippen LogP contribution in [0.2, 0.25) is 5.02 Å². The van der Waals surface area contributed by atoms with E-state index in [1.54, 1.807) is 0 Å². The highest BCUT2D eigenvalue weighted by Crippen LogP contribution is 2.28. The second-order valence-electron chi connectivity index (χ2n) is 6.14. The highest BCUT2D eigenvalue weighted by atomic mass is 35.5. The molecule has 0 aromatic heterocycles. The summed E-state index contributed by atoms with van der Waals surface area (Å²) in [6, 6.07) is 6.91. The first-order chi connectivity index (χ1) is 9.99. The molecule has 2 N–H and O–H groups in total. The molecule has 1 aromatic carbocycles. The van der Waals surface area contributed by atoms with Crippen molar-refractivity contribution in [3.05, 3.63) is 28.8 Å². The van der Waals surface area contributed by atoms with Crippen molar-refractivity contribution in [2.45, 2.75) is 71.9 Å². The highest BCUT2D eigenvalue weighted by Gasteiger charge is 2.16. The van der Waals surface area contributed by atoms with Crippen LogP contribution in [0.3, 0.4) is 0 Å². The molecule has 0 radical (unpaired) electrons. The van der Waals surface area contributed by atoms with Gasteiger partial charge in [0.15, 0.2) is 0 Å². The predicted octanol–water partition coefficient (Wildman–Crippen LogP) is 5.02. The summed E-state index contributed by atoms with van der Waals surface area (Å²) in [5.41, 5.74) is 8.74. The Morgan fingerprint density at radius 3 is 2.48 bits per heavy atom. The molecule has 0 heterocycles. The van der Waals surface area contributed by atoms with Gasteiger partial charge in [-0.1, -0.05) is 44.4 Å². The van der Waals surface area contributed by atoms with Crippen molar-refractivity contribution in [3.63, 3.8) is 0 Å². The van der Waals surface area contributed by atoms with Crippen LogP contribution in [0.15, 0.2) is 18.2 Å². The van der Waals surface area contributed by atoms with E-state index < -0.39 is 0 Å². The lowest BCUT2D eigenvalue weighted by molar-refractivity contribution is 0.613. The SMILES string of the molecule is CCCCCN(c1cc(Cl)ccc1CC(N)CC)C(C)C. The molecule has 0 saturated carbocycles. The van der Waals surface area contributed by atoms with Crippen molar-refractivity contribution in [3.8, 4) is 0 Å². The summed E-state index contributed by atoms with van der Waals surface area (Å²) in [5, 5.41) is 0.806. The van der Waals surface area contributed by atoms with Gasteiger partial charge in [0.2, 0.25) is 0 Å². The topological polar surface area (TPSA) is 29.3 Å². The van der Waals surface area contributed by atoms with Crippen LogP contribution in [-0.4, -0.2) is 18.6 Å². The Morgan fingerprint density at radius 2 is 1.90 bits per heavy atom. The molecule has 0 aliphatic carbocycles. The van der Waals surface area contributed by atoms with Crippen molar-refractivity contribution in [1.29, 1.82) is 0 Å². The minimum Gasteiger partial charge on any atom is -0.369 e. The monoisotopic (exact) mass is 310 g/mol. The Balaban J connectivity index is 3.00. The lowest BCUT2D eigenvalue weighted by Gasteiger charge is -2.32. The maximum Gasteiger partial charge on any atom is 0.0426 e. The Kier molecular flexibility index (Phi) is 8.13. The molecule has 0 fully saturated rings. The van der Waals surface area contributed by atoms with Crippen LogP contribution in [0, 0.1) is 0 Å². The summed E-state index contributed by atoms with van der Waals surface area (Å²) in [6.07, 6.45) is 5.66. The summed E-state index contributed by atoms with van der Waals surface area (Å²) in [6.45, 7) is 9.96. The first kappa shape index (κ1) is 18.3. The van der Waals surface area contributed by atoms with E-state index in [9.17, 15) is 0 Å². The third kappa shape index (κ3) is 5.88. The fourth-order valence-corrected chi connectivity index (χ4v) is 2.76. The van der Waals surface area contributed by atoms with E-state index in [2.05, 4.69) is 44.7 Å². The summed E-state index contributed by atoms with van der Waals surface area (Å²) in [7, 11) is 0. The fourth-order valence-electron chi connectivity index (χ4n) is 2.59. The van der Waals surface area contributed by atoms with Gasteiger partial charge in [-0.25, -0.2) is 0 Å². The van der Waals surface area contributed by atoms with Crippen LogP contribution in [0.25, 0.3) is 0 Å². The number of nitrogens with two attached hydrogens (primary N) is 1. The molecule has 0 aliphatic heterocycles. The normalized spacial score (nSPS) is 12.7. The molecule has 0 spiro atoms. The molecule has 21 heavy (non-hydrogen) atoms. The lowest BCUT2D eigenvalue weighted by atomic mass is 10.0. The van der Waals surface area contributed by atoms with Crippen LogP contribution < -0.4 is 10.6 Å². The van der Waals surface area contributed by atoms with Gasteiger partial charge in [0.1, 0.15) is 0 Å². The number of unbranched alkanes of at least 4 members (excludes halogenated alkanes) is 2. The Bertz CT molecular complexity index is 418. The number of benzene rings is 1. The maximum atomic E-state index is 6.24. The van der Waals surface area contributed by atoms with Gasteiger partial charge in [-0.2, -0.15) is 0 Å². The van der Waals surface area contributed by atoms with Crippen LogP contribution in [0.1, 0.15) is 58.9 Å². The van der Waals surface area contributed by atoms with Gasteiger partial charge in [-0.05, 0) is 50.8 Å². The fraction of sp³-hybridized carbons (Fsp3) is 0.667. The van der Waals surface area contributed by atoms with E-state index >= 15 is 0 Å². The largest absolute Gasteiger partial charge is 0.369 e. The lowest BCUT2D eigenvalue weighted by Crippen LogP contribution is -2.33. The van der Waals surface area contributed by atoms with Crippen molar-refractivity contribution in [1.82, 2.24) is 0 Å². The molecule has 0 bridgehead atoms. The van der Waals surface area contributed by atoms with Crippen LogP contribution in [-0.2, 0) is 6.42 Å². The molecular formula is C18H31ClN2. The molecular weight excluding hydrogens is 280 g/mol. The quantitative estimate of drug-likeness (QED) is 0.648.